The van der Waals surface area contributed by atoms with Crippen LogP contribution in [0.1, 0.15) is 45.9 Å². The highest BCUT2D eigenvalue weighted by Gasteiger charge is 2.32. The second-order valence-electron chi connectivity index (χ2n) is 5.42. The summed E-state index contributed by atoms with van der Waals surface area (Å²) in [5, 5.41) is 6.95. The molecule has 3 N–H and O–H groups in total. The molecule has 0 spiro atoms. The molecule has 0 saturated heterocycles. The van der Waals surface area contributed by atoms with E-state index in [1.165, 1.54) is 5.56 Å². The summed E-state index contributed by atoms with van der Waals surface area (Å²) in [6, 6.07) is 7.79. The van der Waals surface area contributed by atoms with Crippen LogP contribution in [0.25, 0.3) is 0 Å². The minimum Gasteiger partial charge on any atom is -0.361 e. The van der Waals surface area contributed by atoms with Gasteiger partial charge < -0.3 is 15.6 Å². The Morgan fingerprint density at radius 3 is 2.95 bits per heavy atom. The van der Waals surface area contributed by atoms with E-state index in [1.54, 1.807) is 6.92 Å². The molecule has 1 aliphatic rings. The molecule has 0 fully saturated rings. The number of carbonyl (C=O) groups is 1. The molecule has 3 rings (SSSR count). The summed E-state index contributed by atoms with van der Waals surface area (Å²) < 4.78 is 5.12. The standard InChI is InChI=1S/C16H19N3O2/c1-3-12-14(9(2)21-19-12)16(20)18-13-8-10-6-4-5-7-11(10)15(13)17/h4-7,13,15H,3,8,17H2,1-2H3,(H,18,20)/t13-,15-/m0/s1. The lowest BCUT2D eigenvalue weighted by Gasteiger charge is -2.17. The van der Waals surface area contributed by atoms with Gasteiger partial charge in [0.2, 0.25) is 0 Å². The van der Waals surface area contributed by atoms with Crippen molar-refractivity contribution in [2.75, 3.05) is 0 Å². The summed E-state index contributed by atoms with van der Waals surface area (Å²) in [6.07, 6.45) is 1.42. The van der Waals surface area contributed by atoms with Crippen LogP contribution in [0.2, 0.25) is 0 Å². The van der Waals surface area contributed by atoms with Gasteiger partial charge in [-0.3, -0.25) is 4.79 Å². The number of nitrogens with two attached hydrogens (primary N) is 1. The van der Waals surface area contributed by atoms with Crippen LogP contribution in [0.3, 0.4) is 0 Å². The number of aryl methyl sites for hydroxylation is 2. The first-order chi connectivity index (χ1) is 10.1. The van der Waals surface area contributed by atoms with E-state index in [0.29, 0.717) is 23.4 Å². The van der Waals surface area contributed by atoms with E-state index in [9.17, 15) is 4.79 Å². The van der Waals surface area contributed by atoms with Gasteiger partial charge in [-0.05, 0) is 30.9 Å². The van der Waals surface area contributed by atoms with Gasteiger partial charge in [0.1, 0.15) is 11.3 Å². The molecule has 21 heavy (non-hydrogen) atoms. The molecule has 0 bridgehead atoms. The van der Waals surface area contributed by atoms with Crippen molar-refractivity contribution in [2.24, 2.45) is 5.73 Å². The Balaban J connectivity index is 1.79. The first-order valence-electron chi connectivity index (χ1n) is 7.21. The Kier molecular flexibility index (Phi) is 3.51. The lowest BCUT2D eigenvalue weighted by Crippen LogP contribution is -2.41. The van der Waals surface area contributed by atoms with Crippen LogP contribution in [-0.2, 0) is 12.8 Å². The third-order valence-electron chi connectivity index (χ3n) is 4.10. The third kappa shape index (κ3) is 2.34. The van der Waals surface area contributed by atoms with Gasteiger partial charge in [0.15, 0.2) is 0 Å². The molecule has 1 heterocycles. The lowest BCUT2D eigenvalue weighted by molar-refractivity contribution is 0.0931. The quantitative estimate of drug-likeness (QED) is 0.902. The zero-order valence-electron chi connectivity index (χ0n) is 12.2. The maximum absolute atomic E-state index is 12.5. The number of benzene rings is 1. The van der Waals surface area contributed by atoms with Crippen molar-refractivity contribution in [3.63, 3.8) is 0 Å². The van der Waals surface area contributed by atoms with Gasteiger partial charge >= 0.3 is 0 Å². The Morgan fingerprint density at radius 2 is 2.24 bits per heavy atom. The predicted molar refractivity (Wildman–Crippen MR) is 78.9 cm³/mol. The van der Waals surface area contributed by atoms with Crippen LogP contribution in [-0.4, -0.2) is 17.1 Å². The summed E-state index contributed by atoms with van der Waals surface area (Å²) >= 11 is 0. The number of carbonyl (C=O) groups excluding carboxylic acids is 1. The highest BCUT2D eigenvalue weighted by molar-refractivity contribution is 5.96. The fraction of sp³-hybridized carbons (Fsp3) is 0.375. The predicted octanol–water partition coefficient (Wildman–Crippen LogP) is 1.90. The Labute approximate surface area is 123 Å². The fourth-order valence-electron chi connectivity index (χ4n) is 2.96. The fourth-order valence-corrected chi connectivity index (χ4v) is 2.96. The van der Waals surface area contributed by atoms with E-state index in [0.717, 1.165) is 12.0 Å². The van der Waals surface area contributed by atoms with Crippen molar-refractivity contribution in [1.29, 1.82) is 0 Å². The Bertz CT molecular complexity index is 678. The number of nitrogens with one attached hydrogen (secondary N) is 1. The summed E-state index contributed by atoms with van der Waals surface area (Å²) in [5.41, 5.74) is 9.79. The number of amides is 1. The number of fused-ring (bicyclic) bond motifs is 1. The van der Waals surface area contributed by atoms with Crippen LogP contribution in [0, 0.1) is 6.92 Å². The molecule has 1 aromatic heterocycles. The van der Waals surface area contributed by atoms with Crippen LogP contribution in [0.4, 0.5) is 0 Å². The Hall–Kier alpha value is -2.14. The number of nitrogens with zero attached hydrogens (tertiary/aromatic N) is 1. The summed E-state index contributed by atoms with van der Waals surface area (Å²) in [5.74, 6) is 0.396. The van der Waals surface area contributed by atoms with E-state index in [1.807, 2.05) is 25.1 Å². The molecule has 0 saturated carbocycles. The second-order valence-corrected chi connectivity index (χ2v) is 5.42. The molecule has 110 valence electrons. The first-order valence-corrected chi connectivity index (χ1v) is 7.21. The number of hydrogen-bond acceptors (Lipinski definition) is 4. The molecule has 0 aliphatic heterocycles. The molecule has 2 atom stereocenters. The van der Waals surface area contributed by atoms with Gasteiger partial charge in [0, 0.05) is 0 Å². The minimum absolute atomic E-state index is 0.0890. The molecule has 5 nitrogen and oxygen atoms in total. The summed E-state index contributed by atoms with van der Waals surface area (Å²) in [4.78, 5) is 12.5. The highest BCUT2D eigenvalue weighted by Crippen LogP contribution is 2.29. The molecule has 5 heteroatoms. The zero-order chi connectivity index (χ0) is 15.0. The van der Waals surface area contributed by atoms with E-state index < -0.39 is 0 Å². The first kappa shape index (κ1) is 13.8. The van der Waals surface area contributed by atoms with Crippen molar-refractivity contribution < 1.29 is 9.32 Å². The molecule has 1 aliphatic carbocycles. The minimum atomic E-state index is -0.171. The topological polar surface area (TPSA) is 81.2 Å². The van der Waals surface area contributed by atoms with Crippen molar-refractivity contribution >= 4 is 5.91 Å². The summed E-state index contributed by atoms with van der Waals surface area (Å²) in [6.45, 7) is 3.70. The largest absolute Gasteiger partial charge is 0.361 e. The van der Waals surface area contributed by atoms with E-state index in [2.05, 4.69) is 16.5 Å². The van der Waals surface area contributed by atoms with Gasteiger partial charge in [0.05, 0.1) is 17.8 Å². The normalized spacial score (nSPS) is 20.3. The van der Waals surface area contributed by atoms with Crippen molar-refractivity contribution in [3.8, 4) is 0 Å². The number of hydrogen-bond donors (Lipinski definition) is 2. The van der Waals surface area contributed by atoms with Crippen LogP contribution in [0.15, 0.2) is 28.8 Å². The summed E-state index contributed by atoms with van der Waals surface area (Å²) in [7, 11) is 0. The van der Waals surface area contributed by atoms with Gasteiger partial charge in [-0.15, -0.1) is 0 Å². The third-order valence-corrected chi connectivity index (χ3v) is 4.10. The van der Waals surface area contributed by atoms with Gasteiger partial charge in [0.25, 0.3) is 5.91 Å². The molecule has 1 amide bonds. The van der Waals surface area contributed by atoms with Crippen molar-refractivity contribution in [2.45, 2.75) is 38.8 Å². The molecule has 1 aromatic carbocycles. The van der Waals surface area contributed by atoms with Crippen LogP contribution in [0.5, 0.6) is 0 Å². The monoisotopic (exact) mass is 285 g/mol. The second kappa shape index (κ2) is 5.33. The SMILES string of the molecule is CCc1noc(C)c1C(=O)N[C@H]1Cc2ccccc2[C@@H]1N. The van der Waals surface area contributed by atoms with E-state index in [-0.39, 0.29) is 18.0 Å². The van der Waals surface area contributed by atoms with Crippen LogP contribution < -0.4 is 11.1 Å². The lowest BCUT2D eigenvalue weighted by atomic mass is 10.1. The average molecular weight is 285 g/mol. The van der Waals surface area contributed by atoms with Gasteiger partial charge in [-0.25, -0.2) is 0 Å². The molecule has 0 radical (unpaired) electrons. The molecule has 2 aromatic rings. The molecule has 0 unspecified atom stereocenters. The van der Waals surface area contributed by atoms with E-state index in [4.69, 9.17) is 10.3 Å². The number of aromatic nitrogens is 1. The Morgan fingerprint density at radius 1 is 1.48 bits per heavy atom. The molecular formula is C16H19N3O2. The van der Waals surface area contributed by atoms with Crippen molar-refractivity contribution in [1.82, 2.24) is 10.5 Å². The van der Waals surface area contributed by atoms with E-state index >= 15 is 0 Å². The maximum Gasteiger partial charge on any atom is 0.257 e. The van der Waals surface area contributed by atoms with Crippen LogP contribution >= 0.6 is 0 Å². The average Bonchev–Trinajstić information content (AvgIpc) is 3.00. The zero-order valence-corrected chi connectivity index (χ0v) is 12.2. The maximum atomic E-state index is 12.5. The molecular weight excluding hydrogens is 266 g/mol. The van der Waals surface area contributed by atoms with Gasteiger partial charge in [-0.2, -0.15) is 0 Å². The van der Waals surface area contributed by atoms with Crippen molar-refractivity contribution in [3.05, 3.63) is 52.4 Å². The van der Waals surface area contributed by atoms with Gasteiger partial charge in [-0.1, -0.05) is 36.3 Å². The smallest absolute Gasteiger partial charge is 0.257 e. The highest BCUT2D eigenvalue weighted by atomic mass is 16.5. The number of rotatable bonds is 3.